The van der Waals surface area contributed by atoms with E-state index in [9.17, 15) is 9.59 Å². The number of carbonyl (C=O) groups excluding carboxylic acids is 2. The predicted molar refractivity (Wildman–Crippen MR) is 99.0 cm³/mol. The van der Waals surface area contributed by atoms with E-state index in [0.717, 1.165) is 5.56 Å². The summed E-state index contributed by atoms with van der Waals surface area (Å²) in [6.45, 7) is 7.06. The van der Waals surface area contributed by atoms with E-state index < -0.39 is 48.2 Å². The lowest BCUT2D eigenvalue weighted by molar-refractivity contribution is -0.231. The molecule has 0 bridgehead atoms. The van der Waals surface area contributed by atoms with Crippen LogP contribution in [0.3, 0.4) is 0 Å². The number of hydrogen-bond donors (Lipinski definition) is 2. The summed E-state index contributed by atoms with van der Waals surface area (Å²) in [5.41, 5.74) is 5.67. The van der Waals surface area contributed by atoms with Crippen LogP contribution in [0.4, 0.5) is 0 Å². The molecule has 0 radical (unpaired) electrons. The van der Waals surface area contributed by atoms with Gasteiger partial charge in [0.25, 0.3) is 5.91 Å². The first-order valence-electron chi connectivity index (χ1n) is 9.63. The molecule has 3 heterocycles. The number of benzene rings is 1. The third-order valence-electron chi connectivity index (χ3n) is 4.95. The molecule has 0 unspecified atom stereocenters. The number of carbonyl (C=O) groups is 2. The van der Waals surface area contributed by atoms with Crippen LogP contribution in [0, 0.1) is 0 Å². The van der Waals surface area contributed by atoms with Crippen LogP contribution in [-0.4, -0.2) is 54.1 Å². The number of rotatable bonds is 3. The van der Waals surface area contributed by atoms with Crippen LogP contribution in [0.15, 0.2) is 30.3 Å². The number of ether oxygens (including phenoxy) is 5. The number of fused-ring (bicyclic) bond motifs is 3. The average Bonchev–Trinajstić information content (AvgIpc) is 3.13. The molecule has 9 nitrogen and oxygen atoms in total. The fourth-order valence-corrected chi connectivity index (χ4v) is 3.85. The number of nitrogens with one attached hydrogen (secondary N) is 2. The van der Waals surface area contributed by atoms with Gasteiger partial charge in [-0.15, -0.1) is 0 Å². The van der Waals surface area contributed by atoms with Gasteiger partial charge in [0.15, 0.2) is 24.0 Å². The molecule has 158 valence electrons. The van der Waals surface area contributed by atoms with E-state index in [1.165, 1.54) is 0 Å². The van der Waals surface area contributed by atoms with Crippen molar-refractivity contribution >= 4 is 11.8 Å². The lowest BCUT2D eigenvalue weighted by atomic mass is 9.98. The molecule has 4 rings (SSSR count). The monoisotopic (exact) mass is 406 g/mol. The minimum absolute atomic E-state index is 0.140. The van der Waals surface area contributed by atoms with Crippen LogP contribution in [0.5, 0.6) is 0 Å². The van der Waals surface area contributed by atoms with Gasteiger partial charge < -0.3 is 23.7 Å². The largest absolute Gasteiger partial charge is 0.342 e. The van der Waals surface area contributed by atoms with Crippen molar-refractivity contribution in [1.29, 1.82) is 0 Å². The van der Waals surface area contributed by atoms with Crippen LogP contribution < -0.4 is 10.9 Å². The van der Waals surface area contributed by atoms with E-state index in [2.05, 4.69) is 10.9 Å². The first-order valence-corrected chi connectivity index (χ1v) is 9.63. The number of hydrogen-bond acceptors (Lipinski definition) is 7. The van der Waals surface area contributed by atoms with Crippen molar-refractivity contribution in [3.63, 3.8) is 0 Å². The topological polar surface area (TPSA) is 104 Å². The zero-order valence-corrected chi connectivity index (χ0v) is 16.8. The Balaban J connectivity index is 1.41. The second-order valence-electron chi connectivity index (χ2n) is 8.29. The van der Waals surface area contributed by atoms with Gasteiger partial charge in [-0.25, -0.2) is 0 Å². The van der Waals surface area contributed by atoms with E-state index in [1.807, 2.05) is 30.3 Å². The summed E-state index contributed by atoms with van der Waals surface area (Å²) in [5.74, 6) is -2.67. The highest BCUT2D eigenvalue weighted by molar-refractivity contribution is 5.86. The van der Waals surface area contributed by atoms with Crippen molar-refractivity contribution in [2.75, 3.05) is 0 Å². The Kier molecular flexibility index (Phi) is 5.12. The quantitative estimate of drug-likeness (QED) is 0.715. The molecule has 5 atom stereocenters. The Morgan fingerprint density at radius 1 is 0.862 bits per heavy atom. The zero-order chi connectivity index (χ0) is 20.8. The van der Waals surface area contributed by atoms with Crippen LogP contribution >= 0.6 is 0 Å². The predicted octanol–water partition coefficient (Wildman–Crippen LogP) is 0.773. The Hall–Kier alpha value is -2.04. The highest BCUT2D eigenvalue weighted by Crippen LogP contribution is 2.44. The maximum atomic E-state index is 12.8. The second kappa shape index (κ2) is 7.33. The molecule has 3 aliphatic rings. The summed E-state index contributed by atoms with van der Waals surface area (Å²) in [7, 11) is 0. The smallest absolute Gasteiger partial charge is 0.270 e. The molecule has 1 aromatic carbocycles. The molecule has 29 heavy (non-hydrogen) atoms. The SMILES string of the molecule is CC1(C)O[C@@H]2O[C@@H](C(=O)NNC(=O)Cc3ccccc3)[C@H]3OC(C)(C)O[C@@H]3[C@H]2O1. The van der Waals surface area contributed by atoms with E-state index in [-0.39, 0.29) is 12.3 Å². The van der Waals surface area contributed by atoms with Gasteiger partial charge >= 0.3 is 0 Å². The Morgan fingerprint density at radius 3 is 2.21 bits per heavy atom. The molecule has 3 aliphatic heterocycles. The van der Waals surface area contributed by atoms with Crippen molar-refractivity contribution < 1.29 is 33.3 Å². The summed E-state index contributed by atoms with van der Waals surface area (Å²) in [4.78, 5) is 24.9. The van der Waals surface area contributed by atoms with Gasteiger partial charge in [-0.1, -0.05) is 30.3 Å². The highest BCUT2D eigenvalue weighted by Gasteiger charge is 2.62. The Bertz CT molecular complexity index is 782. The molecule has 3 fully saturated rings. The maximum absolute atomic E-state index is 12.8. The minimum Gasteiger partial charge on any atom is -0.342 e. The fourth-order valence-electron chi connectivity index (χ4n) is 3.85. The van der Waals surface area contributed by atoms with Gasteiger partial charge in [0.05, 0.1) is 6.42 Å². The maximum Gasteiger partial charge on any atom is 0.270 e. The molecule has 0 aliphatic carbocycles. The lowest BCUT2D eigenvalue weighted by Gasteiger charge is -2.36. The van der Waals surface area contributed by atoms with Gasteiger partial charge in [-0.2, -0.15) is 0 Å². The van der Waals surface area contributed by atoms with Crippen molar-refractivity contribution in [3.8, 4) is 0 Å². The third kappa shape index (κ3) is 4.29. The molecule has 0 saturated carbocycles. The molecule has 2 amide bonds. The van der Waals surface area contributed by atoms with Crippen molar-refractivity contribution in [2.45, 2.75) is 76.4 Å². The van der Waals surface area contributed by atoms with Gasteiger partial charge in [0.1, 0.15) is 18.3 Å². The van der Waals surface area contributed by atoms with Crippen molar-refractivity contribution in [2.24, 2.45) is 0 Å². The van der Waals surface area contributed by atoms with E-state index >= 15 is 0 Å². The van der Waals surface area contributed by atoms with Gasteiger partial charge in [0.2, 0.25) is 5.91 Å². The van der Waals surface area contributed by atoms with Crippen molar-refractivity contribution in [1.82, 2.24) is 10.9 Å². The van der Waals surface area contributed by atoms with E-state index in [4.69, 9.17) is 23.7 Å². The summed E-state index contributed by atoms with van der Waals surface area (Å²) in [6.07, 6.45) is -3.43. The molecule has 2 N–H and O–H groups in total. The normalized spacial score (nSPS) is 34.1. The standard InChI is InChI=1S/C20H26N2O7/c1-19(2)26-13-14(27-19)16-18(29-20(3,4)28-16)25-15(13)17(24)22-21-12(23)10-11-8-6-5-7-9-11/h5-9,13-16,18H,10H2,1-4H3,(H,21,23)(H,22,24)/t13-,14-,15+,16+,18-/m0/s1. The van der Waals surface area contributed by atoms with Crippen LogP contribution in [0.1, 0.15) is 33.3 Å². The molecule has 1 aromatic rings. The van der Waals surface area contributed by atoms with Gasteiger partial charge in [-0.05, 0) is 33.3 Å². The van der Waals surface area contributed by atoms with Crippen LogP contribution in [0.2, 0.25) is 0 Å². The Labute approximate surface area is 168 Å². The highest BCUT2D eigenvalue weighted by atomic mass is 16.9. The number of amides is 2. The van der Waals surface area contributed by atoms with Gasteiger partial charge in [-0.3, -0.25) is 20.4 Å². The summed E-state index contributed by atoms with van der Waals surface area (Å²) in [5, 5.41) is 0. The summed E-state index contributed by atoms with van der Waals surface area (Å²) >= 11 is 0. The van der Waals surface area contributed by atoms with Crippen molar-refractivity contribution in [3.05, 3.63) is 35.9 Å². The Morgan fingerprint density at radius 2 is 1.48 bits per heavy atom. The van der Waals surface area contributed by atoms with Gasteiger partial charge in [0, 0.05) is 0 Å². The molecule has 3 saturated heterocycles. The first-order chi connectivity index (χ1) is 13.6. The van der Waals surface area contributed by atoms with E-state index in [0.29, 0.717) is 0 Å². The number of hydrazine groups is 1. The van der Waals surface area contributed by atoms with Crippen LogP contribution in [-0.2, 0) is 39.7 Å². The summed E-state index contributed by atoms with van der Waals surface area (Å²) < 4.78 is 29.4. The zero-order valence-electron chi connectivity index (χ0n) is 16.8. The summed E-state index contributed by atoms with van der Waals surface area (Å²) in [6, 6.07) is 9.23. The van der Waals surface area contributed by atoms with E-state index in [1.54, 1.807) is 27.7 Å². The van der Waals surface area contributed by atoms with Crippen LogP contribution in [0.25, 0.3) is 0 Å². The first kappa shape index (κ1) is 20.2. The third-order valence-corrected chi connectivity index (χ3v) is 4.95. The lowest BCUT2D eigenvalue weighted by Crippen LogP contribution is -2.61. The average molecular weight is 406 g/mol. The second-order valence-corrected chi connectivity index (χ2v) is 8.29. The molecule has 0 aromatic heterocycles. The molecule has 0 spiro atoms. The molecular weight excluding hydrogens is 380 g/mol. The molecular formula is C20H26N2O7. The minimum atomic E-state index is -1.03. The molecule has 9 heteroatoms. The fraction of sp³-hybridized carbons (Fsp3) is 0.600.